The molecule has 3 nitrogen and oxygen atoms in total. The summed E-state index contributed by atoms with van der Waals surface area (Å²) in [4.78, 5) is 13.4. The van der Waals surface area contributed by atoms with Crippen molar-refractivity contribution in [2.45, 2.75) is 0 Å². The summed E-state index contributed by atoms with van der Waals surface area (Å²) in [6.45, 7) is 0. The Morgan fingerprint density at radius 1 is 1.05 bits per heavy atom. The van der Waals surface area contributed by atoms with Gasteiger partial charge in [-0.3, -0.25) is 4.79 Å². The number of carbonyl (C=O) groups is 1. The Labute approximate surface area is 109 Å². The van der Waals surface area contributed by atoms with Crippen molar-refractivity contribution >= 4 is 17.3 Å². The minimum absolute atomic E-state index is 0.278. The second-order valence-corrected chi connectivity index (χ2v) is 4.08. The van der Waals surface area contributed by atoms with Crippen LogP contribution in [0.25, 0.3) is 0 Å². The van der Waals surface area contributed by atoms with Crippen molar-refractivity contribution in [1.82, 2.24) is 0 Å². The second kappa shape index (κ2) is 5.06. The summed E-state index contributed by atoms with van der Waals surface area (Å²) in [5.74, 6) is -2.27. The van der Waals surface area contributed by atoms with Crippen LogP contribution < -0.4 is 10.6 Å². The molecule has 5 heteroatoms. The zero-order chi connectivity index (χ0) is 14.0. The topological polar surface area (TPSA) is 46.3 Å². The van der Waals surface area contributed by atoms with Gasteiger partial charge in [-0.25, -0.2) is 8.78 Å². The lowest BCUT2D eigenvalue weighted by Gasteiger charge is -2.17. The Morgan fingerprint density at radius 3 is 2.26 bits per heavy atom. The molecule has 2 N–H and O–H groups in total. The standard InChI is InChI=1S/C14H12F2N2O/c1-18(11-6-7-12(15)13(16)8-11)14(19)9-2-4-10(17)5-3-9/h2-8H,17H2,1H3. The Balaban J connectivity index is 2.28. The predicted octanol–water partition coefficient (Wildman–Crippen LogP) is 2.82. The highest BCUT2D eigenvalue weighted by molar-refractivity contribution is 6.05. The van der Waals surface area contributed by atoms with Gasteiger partial charge in [-0.1, -0.05) is 0 Å². The van der Waals surface area contributed by atoms with Crippen LogP contribution in [-0.2, 0) is 0 Å². The molecular formula is C14H12F2N2O. The van der Waals surface area contributed by atoms with Crippen LogP contribution in [0.4, 0.5) is 20.2 Å². The molecule has 0 aliphatic rings. The van der Waals surface area contributed by atoms with E-state index in [-0.39, 0.29) is 11.6 Å². The maximum absolute atomic E-state index is 13.1. The maximum Gasteiger partial charge on any atom is 0.258 e. The van der Waals surface area contributed by atoms with Gasteiger partial charge in [0.05, 0.1) is 0 Å². The van der Waals surface area contributed by atoms with Gasteiger partial charge >= 0.3 is 0 Å². The Kier molecular flexibility index (Phi) is 3.46. The Bertz CT molecular complexity index is 611. The van der Waals surface area contributed by atoms with E-state index in [9.17, 15) is 13.6 Å². The van der Waals surface area contributed by atoms with Crippen molar-refractivity contribution in [2.24, 2.45) is 0 Å². The van der Waals surface area contributed by atoms with E-state index < -0.39 is 11.6 Å². The number of hydrogen-bond acceptors (Lipinski definition) is 2. The van der Waals surface area contributed by atoms with Crippen LogP contribution in [0.1, 0.15) is 10.4 Å². The molecule has 0 aliphatic heterocycles. The molecule has 0 spiro atoms. The summed E-state index contributed by atoms with van der Waals surface area (Å²) < 4.78 is 26.0. The van der Waals surface area contributed by atoms with Crippen LogP contribution in [0.5, 0.6) is 0 Å². The molecule has 2 aromatic carbocycles. The highest BCUT2D eigenvalue weighted by Crippen LogP contribution is 2.19. The molecule has 0 aliphatic carbocycles. The highest BCUT2D eigenvalue weighted by Gasteiger charge is 2.14. The van der Waals surface area contributed by atoms with Crippen LogP contribution in [0.3, 0.4) is 0 Å². The third-order valence-electron chi connectivity index (χ3n) is 2.75. The number of nitrogens with zero attached hydrogens (tertiary/aromatic N) is 1. The van der Waals surface area contributed by atoms with Gasteiger partial charge in [0.25, 0.3) is 5.91 Å². The van der Waals surface area contributed by atoms with Crippen LogP contribution in [0.15, 0.2) is 42.5 Å². The van der Waals surface area contributed by atoms with Gasteiger partial charge in [0.15, 0.2) is 11.6 Å². The first-order valence-electron chi connectivity index (χ1n) is 5.57. The van der Waals surface area contributed by atoms with E-state index in [2.05, 4.69) is 0 Å². The number of amides is 1. The average molecular weight is 262 g/mol. The summed E-state index contributed by atoms with van der Waals surface area (Å²) in [6, 6.07) is 9.66. The molecule has 0 saturated carbocycles. The van der Waals surface area contributed by atoms with E-state index in [1.54, 1.807) is 24.3 Å². The Morgan fingerprint density at radius 2 is 1.68 bits per heavy atom. The quantitative estimate of drug-likeness (QED) is 0.846. The van der Waals surface area contributed by atoms with E-state index >= 15 is 0 Å². The largest absolute Gasteiger partial charge is 0.399 e. The average Bonchev–Trinajstić information content (AvgIpc) is 2.41. The highest BCUT2D eigenvalue weighted by atomic mass is 19.2. The van der Waals surface area contributed by atoms with Gasteiger partial charge in [0, 0.05) is 30.1 Å². The summed E-state index contributed by atoms with van der Waals surface area (Å²) in [6.07, 6.45) is 0. The number of nitrogens with two attached hydrogens (primary N) is 1. The van der Waals surface area contributed by atoms with Gasteiger partial charge in [0.1, 0.15) is 0 Å². The van der Waals surface area contributed by atoms with Gasteiger partial charge in [-0.15, -0.1) is 0 Å². The zero-order valence-electron chi connectivity index (χ0n) is 10.2. The van der Waals surface area contributed by atoms with Crippen molar-refractivity contribution in [1.29, 1.82) is 0 Å². The molecule has 2 rings (SSSR count). The fraction of sp³-hybridized carbons (Fsp3) is 0.0714. The van der Waals surface area contributed by atoms with E-state index in [0.717, 1.165) is 12.1 Å². The first-order valence-corrected chi connectivity index (χ1v) is 5.57. The monoisotopic (exact) mass is 262 g/mol. The normalized spacial score (nSPS) is 10.3. The molecule has 0 bridgehead atoms. The summed E-state index contributed by atoms with van der Waals surface area (Å²) in [7, 11) is 1.49. The van der Waals surface area contributed by atoms with E-state index in [1.165, 1.54) is 18.0 Å². The fourth-order valence-electron chi connectivity index (χ4n) is 1.63. The van der Waals surface area contributed by atoms with Gasteiger partial charge in [-0.05, 0) is 36.4 Å². The van der Waals surface area contributed by atoms with Crippen molar-refractivity contribution in [3.8, 4) is 0 Å². The second-order valence-electron chi connectivity index (χ2n) is 4.08. The number of rotatable bonds is 2. The lowest BCUT2D eigenvalue weighted by molar-refractivity contribution is 0.0993. The number of nitrogen functional groups attached to an aromatic ring is 1. The van der Waals surface area contributed by atoms with Gasteiger partial charge < -0.3 is 10.6 Å². The van der Waals surface area contributed by atoms with Crippen molar-refractivity contribution in [3.63, 3.8) is 0 Å². The molecule has 2 aromatic rings. The molecule has 0 heterocycles. The first kappa shape index (κ1) is 13.0. The van der Waals surface area contributed by atoms with E-state index in [1.807, 2.05) is 0 Å². The molecule has 0 atom stereocenters. The first-order chi connectivity index (χ1) is 8.99. The van der Waals surface area contributed by atoms with E-state index in [0.29, 0.717) is 11.3 Å². The summed E-state index contributed by atoms with van der Waals surface area (Å²) >= 11 is 0. The molecular weight excluding hydrogens is 250 g/mol. The zero-order valence-corrected chi connectivity index (χ0v) is 10.2. The predicted molar refractivity (Wildman–Crippen MR) is 69.9 cm³/mol. The molecule has 0 unspecified atom stereocenters. The molecule has 98 valence electrons. The van der Waals surface area contributed by atoms with E-state index in [4.69, 9.17) is 5.73 Å². The lowest BCUT2D eigenvalue weighted by atomic mass is 10.1. The third-order valence-corrected chi connectivity index (χ3v) is 2.75. The number of halogens is 2. The van der Waals surface area contributed by atoms with Crippen molar-refractivity contribution in [2.75, 3.05) is 17.7 Å². The molecule has 0 fully saturated rings. The summed E-state index contributed by atoms with van der Waals surface area (Å²) in [5, 5.41) is 0. The lowest BCUT2D eigenvalue weighted by Crippen LogP contribution is -2.26. The minimum atomic E-state index is -0.991. The van der Waals surface area contributed by atoms with Crippen molar-refractivity contribution in [3.05, 3.63) is 59.7 Å². The maximum atomic E-state index is 13.1. The van der Waals surface area contributed by atoms with Crippen LogP contribution in [-0.4, -0.2) is 13.0 Å². The molecule has 1 amide bonds. The number of carbonyl (C=O) groups excluding carboxylic acids is 1. The number of hydrogen-bond donors (Lipinski definition) is 1. The minimum Gasteiger partial charge on any atom is -0.399 e. The van der Waals surface area contributed by atoms with Gasteiger partial charge in [0.2, 0.25) is 0 Å². The smallest absolute Gasteiger partial charge is 0.258 e. The SMILES string of the molecule is CN(C(=O)c1ccc(N)cc1)c1ccc(F)c(F)c1. The fourth-order valence-corrected chi connectivity index (χ4v) is 1.63. The molecule has 0 aromatic heterocycles. The molecule has 0 saturated heterocycles. The van der Waals surface area contributed by atoms with Crippen LogP contribution >= 0.6 is 0 Å². The number of anilines is 2. The Hall–Kier alpha value is -2.43. The van der Waals surface area contributed by atoms with Gasteiger partial charge in [-0.2, -0.15) is 0 Å². The third kappa shape index (κ3) is 2.70. The number of benzene rings is 2. The van der Waals surface area contributed by atoms with Crippen LogP contribution in [0.2, 0.25) is 0 Å². The van der Waals surface area contributed by atoms with Crippen LogP contribution in [0, 0.1) is 11.6 Å². The van der Waals surface area contributed by atoms with Crippen molar-refractivity contribution < 1.29 is 13.6 Å². The molecule has 0 radical (unpaired) electrons. The molecule has 19 heavy (non-hydrogen) atoms. The summed E-state index contributed by atoms with van der Waals surface area (Å²) in [5.41, 5.74) is 6.78.